The van der Waals surface area contributed by atoms with E-state index in [1.54, 1.807) is 12.1 Å². The van der Waals surface area contributed by atoms with Gasteiger partial charge in [0.2, 0.25) is 11.8 Å². The van der Waals surface area contributed by atoms with Gasteiger partial charge in [0.05, 0.1) is 19.6 Å². The molecular formula is C28H31N3O6. The number of nitrogens with one attached hydrogen (secondary N) is 1. The lowest BCUT2D eigenvalue weighted by Crippen LogP contribution is -2.52. The van der Waals surface area contributed by atoms with Gasteiger partial charge in [-0.3, -0.25) is 29.4 Å². The van der Waals surface area contributed by atoms with Crippen molar-refractivity contribution in [2.24, 2.45) is 5.92 Å². The summed E-state index contributed by atoms with van der Waals surface area (Å²) in [5.74, 6) is -0.520. The number of ether oxygens (including phenoxy) is 2. The van der Waals surface area contributed by atoms with Gasteiger partial charge in [0, 0.05) is 30.6 Å². The van der Waals surface area contributed by atoms with Crippen molar-refractivity contribution in [2.75, 3.05) is 20.2 Å². The highest BCUT2D eigenvalue weighted by atomic mass is 16.5. The number of benzene rings is 2. The summed E-state index contributed by atoms with van der Waals surface area (Å²) in [5, 5.41) is 2.33. The van der Waals surface area contributed by atoms with Crippen LogP contribution in [-0.4, -0.2) is 59.7 Å². The van der Waals surface area contributed by atoms with Crippen molar-refractivity contribution in [3.05, 3.63) is 64.7 Å². The molecule has 0 spiro atoms. The van der Waals surface area contributed by atoms with Gasteiger partial charge in [-0.05, 0) is 49.1 Å². The first-order valence-electron chi connectivity index (χ1n) is 12.7. The number of piperidine rings is 2. The lowest BCUT2D eigenvalue weighted by atomic mass is 9.97. The number of hydrogen-bond acceptors (Lipinski definition) is 7. The number of esters is 1. The average molecular weight is 506 g/mol. The van der Waals surface area contributed by atoms with Crippen LogP contribution < -0.4 is 10.1 Å². The van der Waals surface area contributed by atoms with E-state index in [0.717, 1.165) is 37.1 Å². The second-order valence-electron chi connectivity index (χ2n) is 9.88. The third-order valence-corrected chi connectivity index (χ3v) is 7.40. The van der Waals surface area contributed by atoms with Crippen LogP contribution >= 0.6 is 0 Å². The van der Waals surface area contributed by atoms with Crippen LogP contribution in [0, 0.1) is 5.92 Å². The molecule has 3 aliphatic heterocycles. The van der Waals surface area contributed by atoms with Crippen LogP contribution in [0.25, 0.3) is 0 Å². The Labute approximate surface area is 215 Å². The molecule has 2 atom stereocenters. The van der Waals surface area contributed by atoms with Crippen LogP contribution in [0.15, 0.2) is 42.5 Å². The van der Waals surface area contributed by atoms with Crippen molar-refractivity contribution in [1.29, 1.82) is 0 Å². The van der Waals surface area contributed by atoms with Crippen molar-refractivity contribution in [3.8, 4) is 5.75 Å². The summed E-state index contributed by atoms with van der Waals surface area (Å²) in [6, 6.07) is 12.9. The molecule has 37 heavy (non-hydrogen) atoms. The first kappa shape index (κ1) is 25.0. The summed E-state index contributed by atoms with van der Waals surface area (Å²) in [6.07, 6.45) is 2.41. The fourth-order valence-electron chi connectivity index (χ4n) is 5.41. The Morgan fingerprint density at radius 1 is 1.05 bits per heavy atom. The molecule has 0 saturated carbocycles. The molecule has 1 N–H and O–H groups in total. The number of fused-ring (bicyclic) bond motifs is 1. The van der Waals surface area contributed by atoms with E-state index >= 15 is 0 Å². The van der Waals surface area contributed by atoms with Crippen molar-refractivity contribution in [1.82, 2.24) is 15.1 Å². The van der Waals surface area contributed by atoms with E-state index < -0.39 is 11.9 Å². The number of methoxy groups -OCH3 is 1. The summed E-state index contributed by atoms with van der Waals surface area (Å²) < 4.78 is 11.0. The third kappa shape index (κ3) is 5.36. The van der Waals surface area contributed by atoms with Gasteiger partial charge in [-0.15, -0.1) is 0 Å². The predicted octanol–water partition coefficient (Wildman–Crippen LogP) is 2.41. The smallest absolute Gasteiger partial charge is 0.309 e. The number of rotatable bonds is 7. The first-order chi connectivity index (χ1) is 17.9. The maximum Gasteiger partial charge on any atom is 0.309 e. The molecule has 9 heteroatoms. The molecule has 0 bridgehead atoms. The highest BCUT2D eigenvalue weighted by molar-refractivity contribution is 6.05. The molecule has 3 heterocycles. The highest BCUT2D eigenvalue weighted by Gasteiger charge is 2.40. The van der Waals surface area contributed by atoms with E-state index in [0.29, 0.717) is 30.9 Å². The molecule has 3 amide bonds. The normalized spacial score (nSPS) is 22.0. The number of imide groups is 1. The molecule has 0 aromatic heterocycles. The lowest BCUT2D eigenvalue weighted by Gasteiger charge is -2.31. The Kier molecular flexibility index (Phi) is 7.23. The maximum absolute atomic E-state index is 13.0. The molecule has 9 nitrogen and oxygen atoms in total. The molecule has 3 aliphatic rings. The van der Waals surface area contributed by atoms with Gasteiger partial charge in [-0.2, -0.15) is 0 Å². The zero-order valence-electron chi connectivity index (χ0n) is 20.9. The van der Waals surface area contributed by atoms with E-state index in [2.05, 4.69) is 22.3 Å². The quantitative estimate of drug-likeness (QED) is 0.455. The molecule has 0 aliphatic carbocycles. The number of hydrogen-bond donors (Lipinski definition) is 1. The van der Waals surface area contributed by atoms with E-state index in [-0.39, 0.29) is 36.7 Å². The fraction of sp³-hybridized carbons (Fsp3) is 0.429. The van der Waals surface area contributed by atoms with Crippen LogP contribution in [0.1, 0.15) is 52.7 Å². The van der Waals surface area contributed by atoms with E-state index in [1.165, 1.54) is 17.6 Å². The van der Waals surface area contributed by atoms with Gasteiger partial charge in [-0.1, -0.05) is 30.3 Å². The third-order valence-electron chi connectivity index (χ3n) is 7.40. The van der Waals surface area contributed by atoms with Crippen molar-refractivity contribution < 1.29 is 28.7 Å². The Bertz CT molecular complexity index is 1210. The topological polar surface area (TPSA) is 105 Å². The van der Waals surface area contributed by atoms with Gasteiger partial charge >= 0.3 is 5.97 Å². The molecule has 2 aromatic rings. The molecule has 5 rings (SSSR count). The molecule has 2 aromatic carbocycles. The minimum Gasteiger partial charge on any atom is -0.489 e. The van der Waals surface area contributed by atoms with E-state index in [9.17, 15) is 19.2 Å². The van der Waals surface area contributed by atoms with E-state index in [4.69, 9.17) is 9.47 Å². The van der Waals surface area contributed by atoms with Gasteiger partial charge < -0.3 is 14.4 Å². The van der Waals surface area contributed by atoms with Gasteiger partial charge in [0.1, 0.15) is 18.4 Å². The van der Waals surface area contributed by atoms with Crippen LogP contribution in [0.3, 0.4) is 0 Å². The molecular weight excluding hydrogens is 474 g/mol. The average Bonchev–Trinajstić information content (AvgIpc) is 3.24. The van der Waals surface area contributed by atoms with Crippen LogP contribution in [0.2, 0.25) is 0 Å². The Morgan fingerprint density at radius 3 is 2.59 bits per heavy atom. The zero-order chi connectivity index (χ0) is 25.9. The molecule has 2 unspecified atom stereocenters. The summed E-state index contributed by atoms with van der Waals surface area (Å²) in [5.41, 5.74) is 3.46. The number of carbonyl (C=O) groups excluding carboxylic acids is 4. The summed E-state index contributed by atoms with van der Waals surface area (Å²) in [7, 11) is 1.44. The number of carbonyl (C=O) groups is 4. The first-order valence-corrected chi connectivity index (χ1v) is 12.7. The number of nitrogens with zero attached hydrogens (tertiary/aromatic N) is 2. The van der Waals surface area contributed by atoms with Crippen molar-refractivity contribution in [2.45, 2.75) is 51.4 Å². The minimum absolute atomic E-state index is 0.0585. The summed E-state index contributed by atoms with van der Waals surface area (Å²) in [4.78, 5) is 52.5. The second-order valence-corrected chi connectivity index (χ2v) is 9.88. The van der Waals surface area contributed by atoms with Crippen LogP contribution in [0.5, 0.6) is 5.75 Å². The minimum atomic E-state index is -0.652. The number of likely N-dealkylation sites (tertiary alicyclic amines) is 1. The zero-order valence-corrected chi connectivity index (χ0v) is 20.9. The van der Waals surface area contributed by atoms with Crippen LogP contribution in [-0.2, 0) is 38.8 Å². The standard InChI is InChI=1S/C28H31N3O6/c1-36-28(35)20-4-3-13-30(15-20)14-18-7-9-19(10-8-18)17-37-24-6-2-5-21-22(24)16-31(27(21)34)23-11-12-25(32)29-26(23)33/h2,5-10,20,23H,3-4,11-17H2,1H3,(H,29,32,33). The maximum atomic E-state index is 13.0. The van der Waals surface area contributed by atoms with Crippen LogP contribution in [0.4, 0.5) is 0 Å². The SMILES string of the molecule is COC(=O)C1CCCN(Cc2ccc(COc3cccc4c3CN(C3CCC(=O)NC3=O)C4=O)cc2)C1. The Morgan fingerprint density at radius 2 is 1.84 bits per heavy atom. The van der Waals surface area contributed by atoms with Crippen molar-refractivity contribution >= 4 is 23.7 Å². The number of amides is 3. The lowest BCUT2D eigenvalue weighted by molar-refractivity contribution is -0.147. The van der Waals surface area contributed by atoms with Gasteiger partial charge in [-0.25, -0.2) is 0 Å². The monoisotopic (exact) mass is 505 g/mol. The Balaban J connectivity index is 1.19. The largest absolute Gasteiger partial charge is 0.489 e. The molecule has 2 fully saturated rings. The fourth-order valence-corrected chi connectivity index (χ4v) is 5.41. The summed E-state index contributed by atoms with van der Waals surface area (Å²) >= 11 is 0. The molecule has 0 radical (unpaired) electrons. The molecule has 194 valence electrons. The van der Waals surface area contributed by atoms with E-state index in [1.807, 2.05) is 18.2 Å². The second kappa shape index (κ2) is 10.7. The van der Waals surface area contributed by atoms with Gasteiger partial charge in [0.15, 0.2) is 0 Å². The Hall–Kier alpha value is -3.72. The van der Waals surface area contributed by atoms with Crippen molar-refractivity contribution in [3.63, 3.8) is 0 Å². The predicted molar refractivity (Wildman–Crippen MR) is 133 cm³/mol. The van der Waals surface area contributed by atoms with Gasteiger partial charge in [0.25, 0.3) is 5.91 Å². The molecule has 2 saturated heterocycles. The summed E-state index contributed by atoms with van der Waals surface area (Å²) in [6.45, 7) is 3.08. The highest BCUT2D eigenvalue weighted by Crippen LogP contribution is 2.34.